The Morgan fingerprint density at radius 2 is 1.00 bits per heavy atom. The van der Waals surface area contributed by atoms with Crippen LogP contribution in [0.1, 0.15) is 22.5 Å². The number of halogens is 6. The molecule has 0 N–H and O–H groups in total. The van der Waals surface area contributed by atoms with Gasteiger partial charge < -0.3 is 0 Å². The van der Waals surface area contributed by atoms with E-state index in [1.807, 2.05) is 0 Å². The minimum absolute atomic E-state index is 0.0548. The molecule has 0 bridgehead atoms. The van der Waals surface area contributed by atoms with Gasteiger partial charge in [-0.1, -0.05) is 12.1 Å². The molecule has 0 amide bonds. The van der Waals surface area contributed by atoms with E-state index in [0.29, 0.717) is 0 Å². The average molecular weight is 344 g/mol. The lowest BCUT2D eigenvalue weighted by atomic mass is 10.0. The Hall–Kier alpha value is -2.38. The minimum Gasteiger partial charge on any atom is -0.251 e. The first-order valence-electron chi connectivity index (χ1n) is 6.84. The highest BCUT2D eigenvalue weighted by atomic mass is 19.4. The Morgan fingerprint density at radius 3 is 1.29 bits per heavy atom. The quantitative estimate of drug-likeness (QED) is 0.401. The second-order valence-electron chi connectivity index (χ2n) is 5.48. The maximum absolute atomic E-state index is 13.2. The van der Waals surface area contributed by atoms with E-state index in [0.717, 1.165) is 24.3 Å². The van der Waals surface area contributed by atoms with Gasteiger partial charge in [0.25, 0.3) is 0 Å². The first-order valence-corrected chi connectivity index (χ1v) is 6.84. The zero-order chi connectivity index (χ0) is 17.9. The van der Waals surface area contributed by atoms with Gasteiger partial charge in [0.2, 0.25) is 0 Å². The Bertz CT molecular complexity index is 878. The SMILES string of the molecule is Cc1cc(C(F)(F)F)c2ccc3c(C(F)(F)F)cc(C)nc3c2n1. The number of aromatic nitrogens is 2. The molecule has 0 aliphatic rings. The van der Waals surface area contributed by atoms with Crippen molar-refractivity contribution in [3.8, 4) is 0 Å². The summed E-state index contributed by atoms with van der Waals surface area (Å²) in [6, 6.07) is 3.77. The van der Waals surface area contributed by atoms with Crippen molar-refractivity contribution in [2.45, 2.75) is 26.2 Å². The summed E-state index contributed by atoms with van der Waals surface area (Å²) in [6.07, 6.45) is -9.29. The highest BCUT2D eigenvalue weighted by Crippen LogP contribution is 2.40. The van der Waals surface area contributed by atoms with Crippen molar-refractivity contribution >= 4 is 21.8 Å². The molecule has 0 saturated carbocycles. The maximum Gasteiger partial charge on any atom is 0.417 e. The third-order valence-corrected chi connectivity index (χ3v) is 3.63. The van der Waals surface area contributed by atoms with Crippen LogP contribution in [0.2, 0.25) is 0 Å². The van der Waals surface area contributed by atoms with Gasteiger partial charge in [0, 0.05) is 22.2 Å². The maximum atomic E-state index is 13.2. The molecule has 0 fully saturated rings. The monoisotopic (exact) mass is 344 g/mol. The number of hydrogen-bond donors (Lipinski definition) is 0. The Balaban J connectivity index is 2.53. The van der Waals surface area contributed by atoms with Gasteiger partial charge in [-0.3, -0.25) is 9.97 Å². The Morgan fingerprint density at radius 1 is 0.667 bits per heavy atom. The summed E-state index contributed by atoms with van der Waals surface area (Å²) in [4.78, 5) is 8.02. The Labute approximate surface area is 132 Å². The van der Waals surface area contributed by atoms with E-state index >= 15 is 0 Å². The van der Waals surface area contributed by atoms with Gasteiger partial charge >= 0.3 is 12.4 Å². The van der Waals surface area contributed by atoms with E-state index in [4.69, 9.17) is 0 Å². The molecule has 3 rings (SSSR count). The van der Waals surface area contributed by atoms with Crippen LogP contribution in [0, 0.1) is 13.8 Å². The van der Waals surface area contributed by atoms with Crippen LogP contribution in [0.3, 0.4) is 0 Å². The van der Waals surface area contributed by atoms with Crippen molar-refractivity contribution in [3.63, 3.8) is 0 Å². The van der Waals surface area contributed by atoms with Gasteiger partial charge in [-0.15, -0.1) is 0 Å². The molecule has 0 radical (unpaired) electrons. The van der Waals surface area contributed by atoms with E-state index in [1.165, 1.54) is 13.8 Å². The van der Waals surface area contributed by atoms with Crippen LogP contribution < -0.4 is 0 Å². The number of fused-ring (bicyclic) bond motifs is 3. The van der Waals surface area contributed by atoms with Gasteiger partial charge in [0.1, 0.15) is 0 Å². The second-order valence-corrected chi connectivity index (χ2v) is 5.48. The minimum atomic E-state index is -4.64. The summed E-state index contributed by atoms with van der Waals surface area (Å²) >= 11 is 0. The molecule has 0 aliphatic heterocycles. The molecule has 8 heteroatoms. The molecule has 3 aromatic rings. The van der Waals surface area contributed by atoms with E-state index in [-0.39, 0.29) is 33.2 Å². The fraction of sp³-hybridized carbons (Fsp3) is 0.250. The summed E-state index contributed by atoms with van der Waals surface area (Å²) in [6.45, 7) is 2.71. The number of pyridine rings is 2. The van der Waals surface area contributed by atoms with E-state index in [9.17, 15) is 26.3 Å². The molecular formula is C16H10F6N2. The highest BCUT2D eigenvalue weighted by molar-refractivity contribution is 6.05. The normalized spacial score (nSPS) is 13.0. The lowest BCUT2D eigenvalue weighted by Gasteiger charge is -2.15. The van der Waals surface area contributed by atoms with E-state index in [1.54, 1.807) is 0 Å². The number of aryl methyl sites for hydroxylation is 2. The number of rotatable bonds is 0. The molecule has 2 nitrogen and oxygen atoms in total. The second kappa shape index (κ2) is 5.06. The first-order chi connectivity index (χ1) is 11.0. The largest absolute Gasteiger partial charge is 0.417 e. The van der Waals surface area contributed by atoms with Crippen molar-refractivity contribution in [1.82, 2.24) is 9.97 Å². The predicted molar refractivity (Wildman–Crippen MR) is 76.5 cm³/mol. The fourth-order valence-electron chi connectivity index (χ4n) is 2.70. The number of hydrogen-bond acceptors (Lipinski definition) is 2. The zero-order valence-electron chi connectivity index (χ0n) is 12.5. The van der Waals surface area contributed by atoms with Gasteiger partial charge in [-0.25, -0.2) is 0 Å². The van der Waals surface area contributed by atoms with E-state index < -0.39 is 23.5 Å². The molecule has 1 aromatic carbocycles. The summed E-state index contributed by atoms with van der Waals surface area (Å²) in [7, 11) is 0. The summed E-state index contributed by atoms with van der Waals surface area (Å²) in [5.74, 6) is 0. The number of nitrogens with zero attached hydrogens (tertiary/aromatic N) is 2. The lowest BCUT2D eigenvalue weighted by Crippen LogP contribution is -2.10. The Kier molecular flexibility index (Phi) is 3.47. The van der Waals surface area contributed by atoms with Crippen LogP contribution in [0.25, 0.3) is 21.8 Å². The standard InChI is InChI=1S/C16H10F6N2/c1-7-5-11(15(17,18)19)9-3-4-10-12(16(20,21)22)6-8(2)24-14(10)13(9)23-7/h3-6H,1-2H3. The molecular weight excluding hydrogens is 334 g/mol. The van der Waals surface area contributed by atoms with Crippen LogP contribution >= 0.6 is 0 Å². The van der Waals surface area contributed by atoms with Crippen LogP contribution in [0.15, 0.2) is 24.3 Å². The molecule has 0 aliphatic carbocycles. The molecule has 0 atom stereocenters. The fourth-order valence-corrected chi connectivity index (χ4v) is 2.70. The molecule has 0 unspecified atom stereocenters. The predicted octanol–water partition coefficient (Wildman–Crippen LogP) is 5.44. The summed E-state index contributed by atoms with van der Waals surface area (Å²) < 4.78 is 79.3. The topological polar surface area (TPSA) is 25.8 Å². The average Bonchev–Trinajstić information content (AvgIpc) is 2.43. The van der Waals surface area contributed by atoms with Gasteiger partial charge in [0.15, 0.2) is 0 Å². The molecule has 2 heterocycles. The van der Waals surface area contributed by atoms with Gasteiger partial charge in [-0.05, 0) is 26.0 Å². The van der Waals surface area contributed by atoms with Crippen molar-refractivity contribution < 1.29 is 26.3 Å². The number of alkyl halides is 6. The summed E-state index contributed by atoms with van der Waals surface area (Å²) in [5, 5.41) is -0.543. The van der Waals surface area contributed by atoms with Crippen LogP contribution in [-0.4, -0.2) is 9.97 Å². The third-order valence-electron chi connectivity index (χ3n) is 3.63. The molecule has 24 heavy (non-hydrogen) atoms. The van der Waals surface area contributed by atoms with Crippen molar-refractivity contribution in [1.29, 1.82) is 0 Å². The van der Waals surface area contributed by atoms with Crippen molar-refractivity contribution in [3.05, 3.63) is 46.8 Å². The first kappa shape index (κ1) is 16.5. The molecule has 0 spiro atoms. The van der Waals surface area contributed by atoms with Crippen molar-refractivity contribution in [2.75, 3.05) is 0 Å². The van der Waals surface area contributed by atoms with Crippen LogP contribution in [0.4, 0.5) is 26.3 Å². The molecule has 0 saturated heterocycles. The third kappa shape index (κ3) is 2.65. The van der Waals surface area contributed by atoms with Gasteiger partial charge in [-0.2, -0.15) is 26.3 Å². The van der Waals surface area contributed by atoms with Crippen LogP contribution in [-0.2, 0) is 12.4 Å². The smallest absolute Gasteiger partial charge is 0.251 e. The zero-order valence-corrected chi connectivity index (χ0v) is 12.5. The highest BCUT2D eigenvalue weighted by Gasteiger charge is 2.36. The molecule has 2 aromatic heterocycles. The van der Waals surface area contributed by atoms with Crippen molar-refractivity contribution in [2.24, 2.45) is 0 Å². The van der Waals surface area contributed by atoms with E-state index in [2.05, 4.69) is 9.97 Å². The molecule has 126 valence electrons. The van der Waals surface area contributed by atoms with Crippen LogP contribution in [0.5, 0.6) is 0 Å². The van der Waals surface area contributed by atoms with Gasteiger partial charge in [0.05, 0.1) is 22.2 Å². The number of benzene rings is 1. The lowest BCUT2D eigenvalue weighted by molar-refractivity contribution is -0.137. The summed E-state index contributed by atoms with van der Waals surface area (Å²) in [5.41, 5.74) is -2.14.